The first-order valence-electron chi connectivity index (χ1n) is 6.92. The number of nitrogens with zero attached hydrogens (tertiary/aromatic N) is 1. The minimum absolute atomic E-state index is 0.169. The lowest BCUT2D eigenvalue weighted by atomic mass is 10.1. The summed E-state index contributed by atoms with van der Waals surface area (Å²) in [6.45, 7) is 3.97. The summed E-state index contributed by atoms with van der Waals surface area (Å²) in [7, 11) is 0. The molecule has 1 heterocycles. The van der Waals surface area contributed by atoms with E-state index in [2.05, 4.69) is 17.8 Å². The fraction of sp³-hybridized carbons (Fsp3) is 0.167. The molecule has 0 aliphatic carbocycles. The van der Waals surface area contributed by atoms with E-state index in [-0.39, 0.29) is 12.2 Å². The molecule has 22 heavy (non-hydrogen) atoms. The van der Waals surface area contributed by atoms with E-state index in [1.165, 1.54) is 4.57 Å². The Bertz CT molecular complexity index is 742. The van der Waals surface area contributed by atoms with Crippen LogP contribution in [0.1, 0.15) is 17.2 Å². The van der Waals surface area contributed by atoms with Gasteiger partial charge in [0.1, 0.15) is 0 Å². The lowest BCUT2D eigenvalue weighted by Gasteiger charge is -2.19. The molecule has 4 nitrogen and oxygen atoms in total. The SMILES string of the molecule is C#CCNC(=C)c1cccn([C@H](CO)c2ccccc2)c1=O. The first-order chi connectivity index (χ1) is 10.7. The molecule has 0 radical (unpaired) electrons. The maximum absolute atomic E-state index is 12.6. The second kappa shape index (κ2) is 7.30. The van der Waals surface area contributed by atoms with Gasteiger partial charge in [-0.3, -0.25) is 4.79 Å². The van der Waals surface area contributed by atoms with Crippen molar-refractivity contribution in [3.05, 3.63) is 76.7 Å². The first kappa shape index (κ1) is 15.6. The van der Waals surface area contributed by atoms with Crippen molar-refractivity contribution in [3.63, 3.8) is 0 Å². The Morgan fingerprint density at radius 3 is 2.68 bits per heavy atom. The molecule has 0 unspecified atom stereocenters. The summed E-state index contributed by atoms with van der Waals surface area (Å²) in [5.74, 6) is 2.44. The number of hydrogen-bond acceptors (Lipinski definition) is 3. The zero-order chi connectivity index (χ0) is 15.9. The molecule has 0 spiro atoms. The smallest absolute Gasteiger partial charge is 0.260 e. The van der Waals surface area contributed by atoms with Crippen LogP contribution in [0.15, 0.2) is 60.0 Å². The van der Waals surface area contributed by atoms with E-state index in [1.807, 2.05) is 30.3 Å². The molecule has 112 valence electrons. The third-order valence-corrected chi connectivity index (χ3v) is 3.40. The predicted molar refractivity (Wildman–Crippen MR) is 88.2 cm³/mol. The molecular weight excluding hydrogens is 276 g/mol. The van der Waals surface area contributed by atoms with Crippen LogP contribution >= 0.6 is 0 Å². The molecule has 0 saturated carbocycles. The second-order valence-electron chi connectivity index (χ2n) is 4.78. The van der Waals surface area contributed by atoms with Crippen molar-refractivity contribution >= 4 is 5.70 Å². The van der Waals surface area contributed by atoms with Gasteiger partial charge in [-0.05, 0) is 17.7 Å². The molecule has 2 rings (SSSR count). The van der Waals surface area contributed by atoms with E-state index >= 15 is 0 Å². The second-order valence-corrected chi connectivity index (χ2v) is 4.78. The van der Waals surface area contributed by atoms with Crippen molar-refractivity contribution in [1.82, 2.24) is 9.88 Å². The van der Waals surface area contributed by atoms with Crippen molar-refractivity contribution in [3.8, 4) is 12.3 Å². The molecule has 4 heteroatoms. The van der Waals surface area contributed by atoms with Crippen LogP contribution in [0.2, 0.25) is 0 Å². The molecule has 1 aromatic carbocycles. The Kier molecular flexibility index (Phi) is 5.18. The summed E-state index contributed by atoms with van der Waals surface area (Å²) in [5.41, 5.74) is 1.56. The van der Waals surface area contributed by atoms with Crippen molar-refractivity contribution in [1.29, 1.82) is 0 Å². The van der Waals surface area contributed by atoms with Crippen molar-refractivity contribution in [2.75, 3.05) is 13.2 Å². The zero-order valence-corrected chi connectivity index (χ0v) is 12.2. The average molecular weight is 294 g/mol. The quantitative estimate of drug-likeness (QED) is 0.796. The van der Waals surface area contributed by atoms with Crippen molar-refractivity contribution in [2.24, 2.45) is 0 Å². The summed E-state index contributed by atoms with van der Waals surface area (Å²) in [4.78, 5) is 12.6. The van der Waals surface area contributed by atoms with Gasteiger partial charge < -0.3 is 15.0 Å². The van der Waals surface area contributed by atoms with E-state index in [9.17, 15) is 9.90 Å². The Balaban J connectivity index is 2.42. The molecule has 0 aliphatic rings. The monoisotopic (exact) mass is 294 g/mol. The molecule has 1 atom stereocenters. The summed E-state index contributed by atoms with van der Waals surface area (Å²) in [5, 5.41) is 12.6. The largest absolute Gasteiger partial charge is 0.394 e. The molecule has 1 aromatic heterocycles. The van der Waals surface area contributed by atoms with E-state index in [0.717, 1.165) is 5.56 Å². The van der Waals surface area contributed by atoms with Gasteiger partial charge in [-0.1, -0.05) is 42.8 Å². The van der Waals surface area contributed by atoms with Crippen LogP contribution in [0.5, 0.6) is 0 Å². The predicted octanol–water partition coefficient (Wildman–Crippen LogP) is 1.62. The van der Waals surface area contributed by atoms with Gasteiger partial charge in [0.15, 0.2) is 0 Å². The van der Waals surface area contributed by atoms with Crippen molar-refractivity contribution in [2.45, 2.75) is 6.04 Å². The lowest BCUT2D eigenvalue weighted by Crippen LogP contribution is -2.30. The molecule has 0 bridgehead atoms. The number of aliphatic hydroxyl groups excluding tert-OH is 1. The van der Waals surface area contributed by atoms with E-state index in [1.54, 1.807) is 18.3 Å². The highest BCUT2D eigenvalue weighted by atomic mass is 16.3. The Morgan fingerprint density at radius 1 is 1.32 bits per heavy atom. The van der Waals surface area contributed by atoms with Gasteiger partial charge in [0.25, 0.3) is 5.56 Å². The molecule has 0 aliphatic heterocycles. The number of aliphatic hydroxyl groups is 1. The third-order valence-electron chi connectivity index (χ3n) is 3.40. The Morgan fingerprint density at radius 2 is 2.05 bits per heavy atom. The van der Waals surface area contributed by atoms with E-state index < -0.39 is 6.04 Å². The van der Waals surface area contributed by atoms with Crippen LogP contribution in [0.3, 0.4) is 0 Å². The van der Waals surface area contributed by atoms with Gasteiger partial charge in [-0.25, -0.2) is 0 Å². The number of aromatic nitrogens is 1. The number of hydrogen-bond donors (Lipinski definition) is 2. The van der Waals surface area contributed by atoms with Crippen molar-refractivity contribution < 1.29 is 5.11 Å². The lowest BCUT2D eigenvalue weighted by molar-refractivity contribution is 0.247. The third kappa shape index (κ3) is 3.27. The fourth-order valence-electron chi connectivity index (χ4n) is 2.27. The van der Waals surface area contributed by atoms with Crippen LogP contribution in [-0.4, -0.2) is 22.8 Å². The van der Waals surface area contributed by atoms with Gasteiger partial charge in [0, 0.05) is 11.9 Å². The van der Waals surface area contributed by atoms with Crippen LogP contribution in [0.4, 0.5) is 0 Å². The van der Waals surface area contributed by atoms with Crippen LogP contribution in [-0.2, 0) is 0 Å². The highest BCUT2D eigenvalue weighted by Gasteiger charge is 2.16. The fourth-order valence-corrected chi connectivity index (χ4v) is 2.27. The molecule has 0 fully saturated rings. The maximum atomic E-state index is 12.6. The standard InChI is InChI=1S/C18H18N2O2/c1-3-11-19-14(2)16-10-7-12-20(18(16)22)17(13-21)15-8-5-4-6-9-15/h1,4-10,12,17,19,21H,2,11,13H2/t17-/m1/s1. The Labute approximate surface area is 129 Å². The summed E-state index contributed by atoms with van der Waals surface area (Å²) in [6, 6.07) is 12.4. The normalized spacial score (nSPS) is 11.5. The molecule has 0 amide bonds. The average Bonchev–Trinajstić information content (AvgIpc) is 2.56. The van der Waals surface area contributed by atoms with Crippen LogP contribution in [0.25, 0.3) is 5.70 Å². The van der Waals surface area contributed by atoms with Gasteiger partial charge in [0.05, 0.1) is 24.8 Å². The molecule has 2 N–H and O–H groups in total. The Hall–Kier alpha value is -2.77. The number of rotatable bonds is 6. The minimum Gasteiger partial charge on any atom is -0.394 e. The summed E-state index contributed by atoms with van der Waals surface area (Å²) in [6.07, 6.45) is 6.86. The topological polar surface area (TPSA) is 54.3 Å². The highest BCUT2D eigenvalue weighted by molar-refractivity contribution is 5.60. The zero-order valence-electron chi connectivity index (χ0n) is 12.2. The van der Waals surface area contributed by atoms with Crippen LogP contribution in [0, 0.1) is 12.3 Å². The van der Waals surface area contributed by atoms with Gasteiger partial charge in [0.2, 0.25) is 0 Å². The van der Waals surface area contributed by atoms with Gasteiger partial charge in [-0.15, -0.1) is 6.42 Å². The van der Waals surface area contributed by atoms with Gasteiger partial charge in [-0.2, -0.15) is 0 Å². The van der Waals surface area contributed by atoms with Crippen LogP contribution < -0.4 is 10.9 Å². The first-order valence-corrected chi connectivity index (χ1v) is 6.92. The summed E-state index contributed by atoms with van der Waals surface area (Å²) >= 11 is 0. The number of terminal acetylenes is 1. The molecule has 2 aromatic rings. The summed E-state index contributed by atoms with van der Waals surface area (Å²) < 4.78 is 1.51. The van der Waals surface area contributed by atoms with E-state index in [4.69, 9.17) is 6.42 Å². The number of nitrogens with one attached hydrogen (secondary N) is 1. The highest BCUT2D eigenvalue weighted by Crippen LogP contribution is 2.16. The minimum atomic E-state index is -0.436. The van der Waals surface area contributed by atoms with Gasteiger partial charge >= 0.3 is 0 Å². The number of pyridine rings is 1. The molecule has 0 saturated heterocycles. The number of benzene rings is 1. The molecular formula is C18H18N2O2. The maximum Gasteiger partial charge on any atom is 0.260 e. The van der Waals surface area contributed by atoms with E-state index in [0.29, 0.717) is 17.8 Å².